The van der Waals surface area contributed by atoms with Crippen molar-refractivity contribution in [2.24, 2.45) is 0 Å². The first kappa shape index (κ1) is 52.6. The highest BCUT2D eigenvalue weighted by molar-refractivity contribution is 5.71. The number of esters is 3. The Hall–Kier alpha value is -2.37. The van der Waals surface area contributed by atoms with Crippen LogP contribution in [-0.2, 0) is 28.6 Å². The van der Waals surface area contributed by atoms with E-state index in [2.05, 4.69) is 57.2 Å². The fourth-order valence-corrected chi connectivity index (χ4v) is 6.63. The standard InChI is InChI=1S/C49H88O6/c1-4-7-10-13-16-19-22-24-27-30-33-36-39-42-48(51)54-45-46(44-53-47(50)41-38-35-32-29-26-21-18-15-12-9-6-3)55-49(52)43-40-37-34-31-28-25-23-20-17-14-11-8-5-2/h7,10,16,19,24,27,46H,4-6,8-9,11-15,17-18,20-23,25-26,28-45H2,1-3H3/b10-7-,19-16-,27-24-. The van der Waals surface area contributed by atoms with Crippen LogP contribution in [0.5, 0.6) is 0 Å². The molecule has 0 heterocycles. The number of unbranched alkanes of at least 4 members (excludes halogenated alkanes) is 25. The van der Waals surface area contributed by atoms with Gasteiger partial charge in [-0.3, -0.25) is 14.4 Å². The van der Waals surface area contributed by atoms with Gasteiger partial charge in [-0.25, -0.2) is 0 Å². The highest BCUT2D eigenvalue weighted by atomic mass is 16.6. The van der Waals surface area contributed by atoms with Crippen LogP contribution in [0.1, 0.15) is 239 Å². The van der Waals surface area contributed by atoms with Crippen LogP contribution in [0, 0.1) is 0 Å². The molecule has 0 saturated heterocycles. The molecular formula is C49H88O6. The lowest BCUT2D eigenvalue weighted by Gasteiger charge is -2.18. The van der Waals surface area contributed by atoms with Gasteiger partial charge in [0.1, 0.15) is 13.2 Å². The summed E-state index contributed by atoms with van der Waals surface area (Å²) in [5, 5.41) is 0. The van der Waals surface area contributed by atoms with Crippen molar-refractivity contribution in [3.63, 3.8) is 0 Å². The Kier molecular flexibility index (Phi) is 42.4. The molecule has 6 nitrogen and oxygen atoms in total. The lowest BCUT2D eigenvalue weighted by atomic mass is 10.0. The Balaban J connectivity index is 4.40. The van der Waals surface area contributed by atoms with Gasteiger partial charge in [-0.1, -0.05) is 205 Å². The van der Waals surface area contributed by atoms with Crippen LogP contribution >= 0.6 is 0 Å². The van der Waals surface area contributed by atoms with Crippen molar-refractivity contribution in [2.45, 2.75) is 245 Å². The van der Waals surface area contributed by atoms with E-state index in [4.69, 9.17) is 14.2 Å². The number of rotatable bonds is 42. The van der Waals surface area contributed by atoms with Crippen molar-refractivity contribution in [3.05, 3.63) is 36.5 Å². The fraction of sp³-hybridized carbons (Fsp3) is 0.816. The number of ether oxygens (including phenoxy) is 3. The maximum absolute atomic E-state index is 12.7. The van der Waals surface area contributed by atoms with E-state index in [1.54, 1.807) is 0 Å². The SMILES string of the molecule is CC/C=C\C/C=C\C/C=C\CCCCCC(=O)OCC(COC(=O)CCCCCCCCCCCCC)OC(=O)CCCCCCCCCCCCCCC. The molecule has 0 aliphatic heterocycles. The van der Waals surface area contributed by atoms with Crippen molar-refractivity contribution < 1.29 is 28.6 Å². The minimum absolute atomic E-state index is 0.0779. The molecule has 0 amide bonds. The monoisotopic (exact) mass is 773 g/mol. The predicted molar refractivity (Wildman–Crippen MR) is 233 cm³/mol. The first-order chi connectivity index (χ1) is 27.0. The van der Waals surface area contributed by atoms with Gasteiger partial charge >= 0.3 is 17.9 Å². The Bertz CT molecular complexity index is 938. The van der Waals surface area contributed by atoms with E-state index in [9.17, 15) is 14.4 Å². The Labute approximate surface area is 340 Å². The third-order valence-corrected chi connectivity index (χ3v) is 10.2. The summed E-state index contributed by atoms with van der Waals surface area (Å²) in [7, 11) is 0. The maximum atomic E-state index is 12.7. The fourth-order valence-electron chi connectivity index (χ4n) is 6.63. The molecule has 6 heteroatoms. The van der Waals surface area contributed by atoms with Crippen molar-refractivity contribution >= 4 is 17.9 Å². The molecule has 0 rings (SSSR count). The second-order valence-corrected chi connectivity index (χ2v) is 15.6. The van der Waals surface area contributed by atoms with Crippen molar-refractivity contribution in [1.29, 1.82) is 0 Å². The predicted octanol–water partition coefficient (Wildman–Crippen LogP) is 15.0. The second-order valence-electron chi connectivity index (χ2n) is 15.6. The molecule has 0 saturated carbocycles. The first-order valence-electron chi connectivity index (χ1n) is 23.5. The summed E-state index contributed by atoms with van der Waals surface area (Å²) in [5.74, 6) is -0.904. The summed E-state index contributed by atoms with van der Waals surface area (Å²) < 4.78 is 16.7. The van der Waals surface area contributed by atoms with Crippen molar-refractivity contribution in [1.82, 2.24) is 0 Å². The van der Waals surface area contributed by atoms with Crippen molar-refractivity contribution in [3.8, 4) is 0 Å². The molecule has 55 heavy (non-hydrogen) atoms. The average molecular weight is 773 g/mol. The molecule has 0 aliphatic rings. The van der Waals surface area contributed by atoms with Gasteiger partial charge in [0.05, 0.1) is 0 Å². The molecule has 320 valence electrons. The van der Waals surface area contributed by atoms with E-state index in [1.165, 1.54) is 116 Å². The zero-order chi connectivity index (χ0) is 40.1. The molecule has 0 spiro atoms. The number of hydrogen-bond donors (Lipinski definition) is 0. The van der Waals surface area contributed by atoms with Crippen LogP contribution in [0.15, 0.2) is 36.5 Å². The van der Waals surface area contributed by atoms with Crippen LogP contribution in [0.25, 0.3) is 0 Å². The van der Waals surface area contributed by atoms with Gasteiger partial charge in [-0.2, -0.15) is 0 Å². The number of allylic oxidation sites excluding steroid dienone is 6. The lowest BCUT2D eigenvalue weighted by molar-refractivity contribution is -0.167. The van der Waals surface area contributed by atoms with Crippen LogP contribution in [-0.4, -0.2) is 37.2 Å². The van der Waals surface area contributed by atoms with Gasteiger partial charge < -0.3 is 14.2 Å². The van der Waals surface area contributed by atoms with E-state index in [-0.39, 0.29) is 31.1 Å². The van der Waals surface area contributed by atoms with Crippen LogP contribution in [0.2, 0.25) is 0 Å². The molecule has 0 bridgehead atoms. The Morgan fingerprint density at radius 1 is 0.382 bits per heavy atom. The van der Waals surface area contributed by atoms with Crippen LogP contribution < -0.4 is 0 Å². The summed E-state index contributed by atoms with van der Waals surface area (Å²) >= 11 is 0. The molecular weight excluding hydrogens is 685 g/mol. The summed E-state index contributed by atoms with van der Waals surface area (Å²) in [6, 6.07) is 0. The largest absolute Gasteiger partial charge is 0.462 e. The maximum Gasteiger partial charge on any atom is 0.306 e. The molecule has 1 unspecified atom stereocenters. The summed E-state index contributed by atoms with van der Waals surface area (Å²) in [6.07, 6.45) is 49.8. The van der Waals surface area contributed by atoms with E-state index >= 15 is 0 Å². The number of carbonyl (C=O) groups is 3. The average Bonchev–Trinajstić information content (AvgIpc) is 3.18. The zero-order valence-corrected chi connectivity index (χ0v) is 36.4. The highest BCUT2D eigenvalue weighted by Gasteiger charge is 2.19. The summed E-state index contributed by atoms with van der Waals surface area (Å²) in [6.45, 7) is 6.49. The van der Waals surface area contributed by atoms with Gasteiger partial charge in [-0.15, -0.1) is 0 Å². The molecule has 1 atom stereocenters. The molecule has 0 fully saturated rings. The quantitative estimate of drug-likeness (QED) is 0.0266. The van der Waals surface area contributed by atoms with E-state index in [0.29, 0.717) is 19.3 Å². The zero-order valence-electron chi connectivity index (χ0n) is 36.4. The normalized spacial score (nSPS) is 12.3. The molecule has 0 N–H and O–H groups in total. The summed E-state index contributed by atoms with van der Waals surface area (Å²) in [4.78, 5) is 37.7. The topological polar surface area (TPSA) is 78.9 Å². The van der Waals surface area contributed by atoms with Gasteiger partial charge in [0.2, 0.25) is 0 Å². The molecule has 0 aromatic carbocycles. The van der Waals surface area contributed by atoms with Crippen LogP contribution in [0.3, 0.4) is 0 Å². The molecule has 0 aromatic heterocycles. The Morgan fingerprint density at radius 2 is 0.709 bits per heavy atom. The highest BCUT2D eigenvalue weighted by Crippen LogP contribution is 2.15. The van der Waals surface area contributed by atoms with E-state index in [1.807, 2.05) is 0 Å². The minimum atomic E-state index is -0.776. The summed E-state index contributed by atoms with van der Waals surface area (Å²) in [5.41, 5.74) is 0. The van der Waals surface area contributed by atoms with Gasteiger partial charge in [0.25, 0.3) is 0 Å². The molecule has 0 aliphatic carbocycles. The second kappa shape index (κ2) is 44.3. The third kappa shape index (κ3) is 42.6. The van der Waals surface area contributed by atoms with Gasteiger partial charge in [-0.05, 0) is 51.4 Å². The Morgan fingerprint density at radius 3 is 1.11 bits per heavy atom. The van der Waals surface area contributed by atoms with Crippen molar-refractivity contribution in [2.75, 3.05) is 13.2 Å². The van der Waals surface area contributed by atoms with Gasteiger partial charge in [0, 0.05) is 19.3 Å². The first-order valence-corrected chi connectivity index (χ1v) is 23.5. The molecule has 0 aromatic rings. The number of hydrogen-bond acceptors (Lipinski definition) is 6. The minimum Gasteiger partial charge on any atom is -0.462 e. The van der Waals surface area contributed by atoms with Gasteiger partial charge in [0.15, 0.2) is 6.10 Å². The smallest absolute Gasteiger partial charge is 0.306 e. The third-order valence-electron chi connectivity index (χ3n) is 10.2. The van der Waals surface area contributed by atoms with E-state index < -0.39 is 6.10 Å². The molecule has 0 radical (unpaired) electrons. The van der Waals surface area contributed by atoms with Crippen LogP contribution in [0.4, 0.5) is 0 Å². The lowest BCUT2D eigenvalue weighted by Crippen LogP contribution is -2.30. The number of carbonyl (C=O) groups excluding carboxylic acids is 3. The van der Waals surface area contributed by atoms with E-state index in [0.717, 1.165) is 83.5 Å².